The number of fused-ring (bicyclic) bond motifs is 1. The zero-order valence-electron chi connectivity index (χ0n) is 14.5. The van der Waals surface area contributed by atoms with Gasteiger partial charge in [0.2, 0.25) is 0 Å². The lowest BCUT2D eigenvalue weighted by molar-refractivity contribution is -0.123. The average molecular weight is 385 g/mol. The van der Waals surface area contributed by atoms with Crippen LogP contribution in [0.15, 0.2) is 60.7 Å². The fraction of sp³-hybridized carbons (Fsp3) is 0.100. The van der Waals surface area contributed by atoms with Crippen molar-refractivity contribution in [1.82, 2.24) is 10.9 Å². The van der Waals surface area contributed by atoms with Gasteiger partial charge in [0.05, 0.1) is 12.7 Å². The van der Waals surface area contributed by atoms with Gasteiger partial charge in [-0.15, -0.1) is 0 Å². The number of amides is 2. The molecule has 0 aliphatic heterocycles. The minimum atomic E-state index is -0.548. The number of nitrogens with one attached hydrogen (secondary N) is 2. The summed E-state index contributed by atoms with van der Waals surface area (Å²) in [6, 6.07) is 18.0. The van der Waals surface area contributed by atoms with Crippen LogP contribution in [0.4, 0.5) is 0 Å². The predicted octanol–water partition coefficient (Wildman–Crippen LogP) is 3.34. The molecule has 0 unspecified atom stereocenters. The second-order valence-electron chi connectivity index (χ2n) is 5.64. The van der Waals surface area contributed by atoms with Gasteiger partial charge in [-0.1, -0.05) is 41.9 Å². The first-order valence-corrected chi connectivity index (χ1v) is 8.49. The molecule has 0 fully saturated rings. The molecule has 7 heteroatoms. The van der Waals surface area contributed by atoms with E-state index in [1.54, 1.807) is 18.2 Å². The highest BCUT2D eigenvalue weighted by atomic mass is 35.5. The molecule has 0 atom stereocenters. The second-order valence-corrected chi connectivity index (χ2v) is 6.08. The van der Waals surface area contributed by atoms with Crippen molar-refractivity contribution in [2.24, 2.45) is 0 Å². The van der Waals surface area contributed by atoms with Crippen molar-refractivity contribution in [2.75, 3.05) is 13.7 Å². The Bertz CT molecular complexity index is 991. The van der Waals surface area contributed by atoms with E-state index in [-0.39, 0.29) is 12.2 Å². The Kier molecular flexibility index (Phi) is 5.78. The van der Waals surface area contributed by atoms with E-state index in [1.807, 2.05) is 36.4 Å². The highest BCUT2D eigenvalue weighted by Gasteiger charge is 2.14. The monoisotopic (exact) mass is 384 g/mol. The number of carbonyl (C=O) groups excluding carboxylic acids is 2. The molecule has 0 aliphatic rings. The van der Waals surface area contributed by atoms with Gasteiger partial charge in [0.25, 0.3) is 11.8 Å². The molecule has 27 heavy (non-hydrogen) atoms. The summed E-state index contributed by atoms with van der Waals surface area (Å²) in [7, 11) is 1.44. The van der Waals surface area contributed by atoms with E-state index in [9.17, 15) is 9.59 Å². The number of hydrogen-bond acceptors (Lipinski definition) is 4. The van der Waals surface area contributed by atoms with Crippen LogP contribution in [0.25, 0.3) is 10.8 Å². The minimum Gasteiger partial charge on any atom is -0.496 e. The summed E-state index contributed by atoms with van der Waals surface area (Å²) in [6.07, 6.45) is 0. The molecular weight excluding hydrogens is 368 g/mol. The largest absolute Gasteiger partial charge is 0.496 e. The van der Waals surface area contributed by atoms with Crippen LogP contribution in [0.5, 0.6) is 11.5 Å². The van der Waals surface area contributed by atoms with Gasteiger partial charge in [-0.2, -0.15) is 0 Å². The van der Waals surface area contributed by atoms with E-state index in [1.165, 1.54) is 13.2 Å². The van der Waals surface area contributed by atoms with E-state index in [0.29, 0.717) is 16.5 Å². The van der Waals surface area contributed by atoms with Crippen LogP contribution in [0, 0.1) is 0 Å². The van der Waals surface area contributed by atoms with Crippen LogP contribution in [0.3, 0.4) is 0 Å². The van der Waals surface area contributed by atoms with Gasteiger partial charge in [0, 0.05) is 5.02 Å². The normalized spacial score (nSPS) is 10.3. The first-order chi connectivity index (χ1) is 13.1. The maximum absolute atomic E-state index is 12.2. The van der Waals surface area contributed by atoms with Gasteiger partial charge in [-0.3, -0.25) is 20.4 Å². The Hall–Kier alpha value is -3.25. The van der Waals surface area contributed by atoms with Crippen molar-refractivity contribution < 1.29 is 19.1 Å². The van der Waals surface area contributed by atoms with Crippen molar-refractivity contribution in [2.45, 2.75) is 0 Å². The number of methoxy groups -OCH3 is 1. The zero-order valence-corrected chi connectivity index (χ0v) is 15.2. The van der Waals surface area contributed by atoms with Gasteiger partial charge in [-0.25, -0.2) is 0 Å². The highest BCUT2D eigenvalue weighted by Crippen LogP contribution is 2.22. The molecule has 0 heterocycles. The van der Waals surface area contributed by atoms with Crippen molar-refractivity contribution in [1.29, 1.82) is 0 Å². The number of halogens is 1. The number of carbonyl (C=O) groups is 2. The maximum atomic E-state index is 12.2. The standard InChI is InChI=1S/C20H17ClN2O4/c1-26-18-9-7-15(21)11-17(18)20(25)23-22-19(24)12-27-16-8-6-13-4-2-3-5-14(13)10-16/h2-11H,12H2,1H3,(H,22,24)(H,23,25). The molecule has 0 radical (unpaired) electrons. The van der Waals surface area contributed by atoms with Gasteiger partial charge in [-0.05, 0) is 41.1 Å². The zero-order chi connectivity index (χ0) is 19.2. The van der Waals surface area contributed by atoms with Crippen molar-refractivity contribution in [3.63, 3.8) is 0 Å². The summed E-state index contributed by atoms with van der Waals surface area (Å²) in [5.74, 6) is -0.142. The third kappa shape index (κ3) is 4.68. The lowest BCUT2D eigenvalue weighted by Crippen LogP contribution is -2.43. The summed E-state index contributed by atoms with van der Waals surface area (Å²) in [5.41, 5.74) is 4.82. The lowest BCUT2D eigenvalue weighted by Gasteiger charge is -2.11. The Morgan fingerprint density at radius 2 is 1.74 bits per heavy atom. The first kappa shape index (κ1) is 18.5. The summed E-state index contributed by atoms with van der Waals surface area (Å²) in [6.45, 7) is -0.245. The third-order valence-corrected chi connectivity index (χ3v) is 4.05. The SMILES string of the molecule is COc1ccc(Cl)cc1C(=O)NNC(=O)COc1ccc2ccccc2c1. The van der Waals surface area contributed by atoms with Gasteiger partial charge in [0.15, 0.2) is 6.61 Å². The summed E-state index contributed by atoms with van der Waals surface area (Å²) in [5, 5.41) is 2.47. The van der Waals surface area contributed by atoms with Crippen LogP contribution < -0.4 is 20.3 Å². The fourth-order valence-electron chi connectivity index (χ4n) is 2.49. The molecule has 3 aromatic rings. The summed E-state index contributed by atoms with van der Waals surface area (Å²) in [4.78, 5) is 24.1. The Morgan fingerprint density at radius 1 is 0.963 bits per heavy atom. The molecule has 0 aromatic heterocycles. The minimum absolute atomic E-state index is 0.209. The maximum Gasteiger partial charge on any atom is 0.276 e. The van der Waals surface area contributed by atoms with Gasteiger partial charge < -0.3 is 9.47 Å². The topological polar surface area (TPSA) is 76.7 Å². The predicted molar refractivity (Wildman–Crippen MR) is 103 cm³/mol. The molecule has 2 N–H and O–H groups in total. The van der Waals surface area contributed by atoms with Crippen LogP contribution in [-0.2, 0) is 4.79 Å². The number of hydrazine groups is 1. The summed E-state index contributed by atoms with van der Waals surface area (Å²) < 4.78 is 10.6. The van der Waals surface area contributed by atoms with Crippen LogP contribution in [0.2, 0.25) is 5.02 Å². The Labute approximate surface area is 161 Å². The van der Waals surface area contributed by atoms with E-state index in [0.717, 1.165) is 10.8 Å². The van der Waals surface area contributed by atoms with Crippen LogP contribution >= 0.6 is 11.6 Å². The molecule has 0 aliphatic carbocycles. The molecule has 6 nitrogen and oxygen atoms in total. The Morgan fingerprint density at radius 3 is 2.52 bits per heavy atom. The molecular formula is C20H17ClN2O4. The van der Waals surface area contributed by atoms with Crippen LogP contribution in [0.1, 0.15) is 10.4 Å². The molecule has 0 saturated carbocycles. The van der Waals surface area contributed by atoms with Crippen molar-refractivity contribution in [3.05, 3.63) is 71.2 Å². The number of ether oxygens (including phenoxy) is 2. The number of benzene rings is 3. The molecule has 2 amide bonds. The fourth-order valence-corrected chi connectivity index (χ4v) is 2.67. The third-order valence-electron chi connectivity index (χ3n) is 3.81. The van der Waals surface area contributed by atoms with Crippen LogP contribution in [-0.4, -0.2) is 25.5 Å². The molecule has 0 bridgehead atoms. The van der Waals surface area contributed by atoms with Gasteiger partial charge >= 0.3 is 0 Å². The smallest absolute Gasteiger partial charge is 0.276 e. The van der Waals surface area contributed by atoms with Gasteiger partial charge in [0.1, 0.15) is 11.5 Å². The second kappa shape index (κ2) is 8.42. The summed E-state index contributed by atoms with van der Waals surface area (Å²) >= 11 is 5.90. The van der Waals surface area contributed by atoms with Crippen molar-refractivity contribution >= 4 is 34.2 Å². The quantitative estimate of drug-likeness (QED) is 0.661. The molecule has 0 spiro atoms. The number of hydrogen-bond donors (Lipinski definition) is 2. The van der Waals surface area contributed by atoms with E-state index in [4.69, 9.17) is 21.1 Å². The van der Waals surface area contributed by atoms with E-state index >= 15 is 0 Å². The average Bonchev–Trinajstić information content (AvgIpc) is 2.70. The highest BCUT2D eigenvalue weighted by molar-refractivity contribution is 6.31. The number of rotatable bonds is 5. The lowest BCUT2D eigenvalue weighted by atomic mass is 10.1. The Balaban J connectivity index is 1.54. The first-order valence-electron chi connectivity index (χ1n) is 8.11. The molecule has 3 aromatic carbocycles. The molecule has 0 saturated heterocycles. The molecule has 3 rings (SSSR count). The van der Waals surface area contributed by atoms with E-state index < -0.39 is 11.8 Å². The van der Waals surface area contributed by atoms with E-state index in [2.05, 4.69) is 10.9 Å². The molecule has 138 valence electrons. The van der Waals surface area contributed by atoms with Crippen molar-refractivity contribution in [3.8, 4) is 11.5 Å².